The van der Waals surface area contributed by atoms with Crippen LogP contribution in [0.15, 0.2) is 0 Å². The Bertz CT molecular complexity index is 364. The predicted molar refractivity (Wildman–Crippen MR) is 83.1 cm³/mol. The van der Waals surface area contributed by atoms with E-state index in [1.165, 1.54) is 38.5 Å². The monoisotopic (exact) mass is 321 g/mol. The molecule has 1 heterocycles. The van der Waals surface area contributed by atoms with Gasteiger partial charge < -0.3 is 13.8 Å². The lowest BCUT2D eigenvalue weighted by Gasteiger charge is -2.41. The van der Waals surface area contributed by atoms with E-state index < -0.39 is 10.1 Å². The van der Waals surface area contributed by atoms with Crippen molar-refractivity contribution >= 4 is 10.1 Å². The Morgan fingerprint density at radius 3 is 2.14 bits per heavy atom. The number of nitrogens with zero attached hydrogens (tertiary/aromatic N) is 1. The minimum absolute atomic E-state index is 0.232. The zero-order chi connectivity index (χ0) is 15.6. The summed E-state index contributed by atoms with van der Waals surface area (Å²) in [4.78, 5) is 0. The van der Waals surface area contributed by atoms with Crippen LogP contribution >= 0.6 is 0 Å². The molecule has 1 saturated heterocycles. The van der Waals surface area contributed by atoms with E-state index in [2.05, 4.69) is 6.92 Å². The molecule has 0 atom stereocenters. The lowest BCUT2D eigenvalue weighted by atomic mass is 10.1. The first-order valence-electron chi connectivity index (χ1n) is 8.34. The van der Waals surface area contributed by atoms with E-state index in [0.717, 1.165) is 43.9 Å². The summed E-state index contributed by atoms with van der Waals surface area (Å²) in [6, 6.07) is 0. The molecule has 0 amide bonds. The molecule has 0 aliphatic carbocycles. The molecule has 0 aromatic heterocycles. The van der Waals surface area contributed by atoms with Crippen molar-refractivity contribution in [2.45, 2.75) is 51.9 Å². The zero-order valence-corrected chi connectivity index (χ0v) is 14.2. The van der Waals surface area contributed by atoms with E-state index in [4.69, 9.17) is 4.74 Å². The lowest BCUT2D eigenvalue weighted by Crippen LogP contribution is -2.56. The van der Waals surface area contributed by atoms with E-state index in [1.807, 2.05) is 0 Å². The van der Waals surface area contributed by atoms with E-state index >= 15 is 0 Å². The quantitative estimate of drug-likeness (QED) is 0.332. The van der Waals surface area contributed by atoms with Gasteiger partial charge in [-0.3, -0.25) is 0 Å². The topological polar surface area (TPSA) is 66.4 Å². The average Bonchev–Trinajstić information content (AvgIpc) is 2.42. The van der Waals surface area contributed by atoms with E-state index in [9.17, 15) is 13.0 Å². The van der Waals surface area contributed by atoms with Crippen molar-refractivity contribution in [2.75, 3.05) is 45.1 Å². The van der Waals surface area contributed by atoms with Gasteiger partial charge in [-0.25, -0.2) is 8.42 Å². The lowest BCUT2D eigenvalue weighted by molar-refractivity contribution is -0.935. The number of quaternary nitrogens is 1. The molecule has 1 rings (SSSR count). The SMILES string of the molecule is CCCCCCCC[N+]1(CCCS(=O)(=O)[O-])CCOCC1. The Morgan fingerprint density at radius 1 is 0.952 bits per heavy atom. The van der Waals surface area contributed by atoms with Crippen LogP contribution in [-0.2, 0) is 14.9 Å². The molecule has 5 nitrogen and oxygen atoms in total. The highest BCUT2D eigenvalue weighted by Gasteiger charge is 2.29. The van der Waals surface area contributed by atoms with Crippen molar-refractivity contribution in [3.8, 4) is 0 Å². The summed E-state index contributed by atoms with van der Waals surface area (Å²) in [7, 11) is -4.08. The molecule has 0 N–H and O–H groups in total. The van der Waals surface area contributed by atoms with Crippen molar-refractivity contribution < 1.29 is 22.2 Å². The minimum Gasteiger partial charge on any atom is -0.748 e. The molecule has 0 bridgehead atoms. The maximum absolute atomic E-state index is 10.8. The molecule has 0 spiro atoms. The number of ether oxygens (including phenoxy) is 1. The van der Waals surface area contributed by atoms with Crippen LogP contribution < -0.4 is 0 Å². The Morgan fingerprint density at radius 2 is 1.52 bits per heavy atom. The second-order valence-electron chi connectivity index (χ2n) is 6.23. The third kappa shape index (κ3) is 8.76. The second-order valence-corrected chi connectivity index (χ2v) is 7.76. The summed E-state index contributed by atoms with van der Waals surface area (Å²) < 4.78 is 38.6. The molecule has 0 saturated carbocycles. The molecule has 6 heteroatoms. The van der Waals surface area contributed by atoms with E-state index in [1.54, 1.807) is 0 Å². The summed E-state index contributed by atoms with van der Waals surface area (Å²) in [6.07, 6.45) is 8.10. The molecular formula is C15H31NO4S. The number of rotatable bonds is 11. The molecule has 0 aromatic rings. The highest BCUT2D eigenvalue weighted by molar-refractivity contribution is 7.85. The van der Waals surface area contributed by atoms with E-state index in [0.29, 0.717) is 6.42 Å². The Kier molecular flexibility index (Phi) is 8.78. The standard InChI is InChI=1S/C15H31NO4S/c1-2-3-4-5-6-7-9-16(11-13-20-14-12-16)10-8-15-21(17,18)19/h2-15H2,1H3. The summed E-state index contributed by atoms with van der Waals surface area (Å²) in [5.74, 6) is -0.232. The molecule has 1 aliphatic rings. The van der Waals surface area contributed by atoms with Gasteiger partial charge in [0.2, 0.25) is 0 Å². The van der Waals surface area contributed by atoms with Crippen LogP contribution in [0.2, 0.25) is 0 Å². The first-order valence-corrected chi connectivity index (χ1v) is 9.92. The van der Waals surface area contributed by atoms with Gasteiger partial charge in [0, 0.05) is 12.2 Å². The van der Waals surface area contributed by atoms with Crippen LogP contribution in [0.1, 0.15) is 51.9 Å². The fourth-order valence-electron chi connectivity index (χ4n) is 3.09. The summed E-state index contributed by atoms with van der Waals surface area (Å²) in [5.41, 5.74) is 0. The van der Waals surface area contributed by atoms with Crippen LogP contribution in [0.4, 0.5) is 0 Å². The summed E-state index contributed by atoms with van der Waals surface area (Å²) >= 11 is 0. The highest BCUT2D eigenvalue weighted by atomic mass is 32.2. The summed E-state index contributed by atoms with van der Waals surface area (Å²) in [6.45, 7) is 7.51. The van der Waals surface area contributed by atoms with Gasteiger partial charge in [0.15, 0.2) is 0 Å². The Labute approximate surface area is 130 Å². The molecule has 0 unspecified atom stereocenters. The molecule has 0 aromatic carbocycles. The first kappa shape index (κ1) is 18.9. The average molecular weight is 321 g/mol. The third-order valence-electron chi connectivity index (χ3n) is 4.43. The van der Waals surface area contributed by atoms with Crippen molar-refractivity contribution in [3.63, 3.8) is 0 Å². The highest BCUT2D eigenvalue weighted by Crippen LogP contribution is 2.16. The third-order valence-corrected chi connectivity index (χ3v) is 5.22. The van der Waals surface area contributed by atoms with Crippen LogP contribution in [-0.4, -0.2) is 62.6 Å². The number of morpholine rings is 1. The fourth-order valence-corrected chi connectivity index (χ4v) is 3.58. The molecular weight excluding hydrogens is 290 g/mol. The molecule has 0 radical (unpaired) electrons. The van der Waals surface area contributed by atoms with Gasteiger partial charge in [0.25, 0.3) is 0 Å². The van der Waals surface area contributed by atoms with Crippen molar-refractivity contribution in [1.82, 2.24) is 0 Å². The second kappa shape index (κ2) is 9.77. The van der Waals surface area contributed by atoms with Crippen LogP contribution in [0.5, 0.6) is 0 Å². The van der Waals surface area contributed by atoms with Gasteiger partial charge in [-0.2, -0.15) is 0 Å². The van der Waals surface area contributed by atoms with Crippen LogP contribution in [0.25, 0.3) is 0 Å². The van der Waals surface area contributed by atoms with Gasteiger partial charge in [0.05, 0.1) is 36.4 Å². The number of unbranched alkanes of at least 4 members (excludes halogenated alkanes) is 5. The largest absolute Gasteiger partial charge is 0.748 e. The Balaban J connectivity index is 2.32. The van der Waals surface area contributed by atoms with Crippen molar-refractivity contribution in [1.29, 1.82) is 0 Å². The minimum atomic E-state index is -4.08. The molecule has 126 valence electrons. The van der Waals surface area contributed by atoms with E-state index in [-0.39, 0.29) is 5.75 Å². The van der Waals surface area contributed by atoms with Gasteiger partial charge in [0.1, 0.15) is 13.1 Å². The fraction of sp³-hybridized carbons (Fsp3) is 1.00. The Hall–Kier alpha value is -0.170. The number of hydrogen-bond acceptors (Lipinski definition) is 4. The van der Waals surface area contributed by atoms with Gasteiger partial charge >= 0.3 is 0 Å². The normalized spacial score (nSPS) is 18.8. The van der Waals surface area contributed by atoms with Gasteiger partial charge in [-0.1, -0.05) is 32.6 Å². The predicted octanol–water partition coefficient (Wildman–Crippen LogP) is 2.13. The van der Waals surface area contributed by atoms with Gasteiger partial charge in [-0.05, 0) is 12.8 Å². The molecule has 1 fully saturated rings. The molecule has 21 heavy (non-hydrogen) atoms. The first-order chi connectivity index (χ1) is 9.97. The number of hydrogen-bond donors (Lipinski definition) is 0. The summed E-state index contributed by atoms with van der Waals surface area (Å²) in [5, 5.41) is 0. The van der Waals surface area contributed by atoms with Crippen molar-refractivity contribution in [3.05, 3.63) is 0 Å². The van der Waals surface area contributed by atoms with Crippen LogP contribution in [0.3, 0.4) is 0 Å². The van der Waals surface area contributed by atoms with Gasteiger partial charge in [-0.15, -0.1) is 0 Å². The van der Waals surface area contributed by atoms with Crippen molar-refractivity contribution in [2.24, 2.45) is 0 Å². The smallest absolute Gasteiger partial charge is 0.102 e. The zero-order valence-electron chi connectivity index (χ0n) is 13.4. The van der Waals surface area contributed by atoms with Crippen LogP contribution in [0, 0.1) is 0 Å². The molecule has 1 aliphatic heterocycles. The maximum Gasteiger partial charge on any atom is 0.102 e. The maximum atomic E-state index is 10.8.